The van der Waals surface area contributed by atoms with E-state index in [1.165, 1.54) is 27.4 Å². The van der Waals surface area contributed by atoms with Crippen LogP contribution in [0, 0.1) is 0 Å². The van der Waals surface area contributed by atoms with Gasteiger partial charge in [-0.1, -0.05) is 54.6 Å². The van der Waals surface area contributed by atoms with E-state index in [9.17, 15) is 9.90 Å². The first-order valence-electron chi connectivity index (χ1n) is 18.0. The van der Waals surface area contributed by atoms with Crippen LogP contribution in [-0.4, -0.2) is 70.3 Å². The number of tetrazole rings is 1. The number of anilines is 1. The summed E-state index contributed by atoms with van der Waals surface area (Å²) >= 11 is 0. The maximum Gasteiger partial charge on any atom is 0.417 e. The highest BCUT2D eigenvalue weighted by Gasteiger charge is 2.43. The summed E-state index contributed by atoms with van der Waals surface area (Å²) in [4.78, 5) is 16.5. The second kappa shape index (κ2) is 16.7. The molecule has 0 aliphatic rings. The number of aromatic carboxylic acids is 1. The fraction of sp³-hybridized carbons (Fsp3) is 0.167. The Morgan fingerprint density at radius 2 is 1.33 bits per heavy atom. The van der Waals surface area contributed by atoms with Gasteiger partial charge in [-0.2, -0.15) is 22.3 Å². The number of hydrogen-bond acceptors (Lipinski definition) is 11. The molecule has 308 valence electrons. The predicted molar refractivity (Wildman–Crippen MR) is 215 cm³/mol. The lowest BCUT2D eigenvalue weighted by Crippen LogP contribution is -2.32. The predicted octanol–water partition coefficient (Wildman–Crippen LogP) is 7.32. The number of nitrogen functional groups attached to an aromatic ring is 1. The van der Waals surface area contributed by atoms with Crippen molar-refractivity contribution in [2.24, 2.45) is 0 Å². The lowest BCUT2D eigenvalue weighted by Gasteiger charge is -2.27. The first-order valence-corrected chi connectivity index (χ1v) is 19.5. The molecule has 0 bridgehead atoms. The molecule has 5 aromatic carbocycles. The third-order valence-electron chi connectivity index (χ3n) is 9.64. The minimum atomic E-state index is -5.24. The number of carboxylic acid groups (broad SMARTS) is 1. The van der Waals surface area contributed by atoms with E-state index in [-0.39, 0.29) is 47.4 Å². The molecule has 0 fully saturated rings. The number of methoxy groups -OCH3 is 3. The summed E-state index contributed by atoms with van der Waals surface area (Å²) in [6, 6.07) is 27.1. The van der Waals surface area contributed by atoms with Gasteiger partial charge in [-0.3, -0.25) is 0 Å². The molecule has 0 aliphatic heterocycles. The highest BCUT2D eigenvalue weighted by molar-refractivity contribution is 7.89. The van der Waals surface area contributed by atoms with Gasteiger partial charge in [0.1, 0.15) is 27.8 Å². The summed E-state index contributed by atoms with van der Waals surface area (Å²) in [5, 5.41) is 23.0. The van der Waals surface area contributed by atoms with Gasteiger partial charge in [-0.25, -0.2) is 18.2 Å². The first kappa shape index (κ1) is 41.1. The van der Waals surface area contributed by atoms with Crippen LogP contribution in [0.1, 0.15) is 32.7 Å². The molecule has 0 saturated carbocycles. The summed E-state index contributed by atoms with van der Waals surface area (Å²) in [6.07, 6.45) is -5.24. The summed E-state index contributed by atoms with van der Waals surface area (Å²) in [6.45, 7) is -0.768. The number of alkyl halides is 3. The van der Waals surface area contributed by atoms with Crippen LogP contribution in [0.15, 0.2) is 114 Å². The molecule has 14 nitrogen and oxygen atoms in total. The molecule has 0 amide bonds. The van der Waals surface area contributed by atoms with Crippen molar-refractivity contribution in [3.05, 3.63) is 137 Å². The summed E-state index contributed by atoms with van der Waals surface area (Å²) in [5.74, 6) is -0.409. The average Bonchev–Trinajstić information content (AvgIpc) is 3.71. The molecule has 0 aliphatic carbocycles. The Labute approximate surface area is 341 Å². The van der Waals surface area contributed by atoms with Crippen molar-refractivity contribution >= 4 is 32.6 Å². The monoisotopic (exact) mass is 839 g/mol. The quantitative estimate of drug-likeness (QED) is 0.104. The second-order valence-corrected chi connectivity index (χ2v) is 15.3. The summed E-state index contributed by atoms with van der Waals surface area (Å²) in [7, 11) is -0.803. The number of rotatable bonds is 14. The van der Waals surface area contributed by atoms with E-state index in [4.69, 9.17) is 19.9 Å². The van der Waals surface area contributed by atoms with E-state index in [1.807, 2.05) is 0 Å². The Bertz CT molecular complexity index is 2750. The van der Waals surface area contributed by atoms with Crippen molar-refractivity contribution in [3.63, 3.8) is 0 Å². The number of benzene rings is 5. The van der Waals surface area contributed by atoms with Gasteiger partial charge in [0.25, 0.3) is 0 Å². The zero-order valence-electron chi connectivity index (χ0n) is 32.2. The molecule has 0 unspecified atom stereocenters. The number of fused-ring (bicyclic) bond motifs is 1. The second-order valence-electron chi connectivity index (χ2n) is 13.4. The molecule has 3 N–H and O–H groups in total. The number of nitrogens with two attached hydrogens (primary N) is 1. The normalized spacial score (nSPS) is 11.8. The number of para-hydroxylation sites is 1. The van der Waals surface area contributed by atoms with Gasteiger partial charge in [0.05, 0.1) is 50.2 Å². The largest absolute Gasteiger partial charge is 0.497 e. The molecule has 60 heavy (non-hydrogen) atoms. The van der Waals surface area contributed by atoms with Crippen LogP contribution in [-0.2, 0) is 35.8 Å². The van der Waals surface area contributed by atoms with Crippen molar-refractivity contribution in [1.82, 2.24) is 29.5 Å². The highest BCUT2D eigenvalue weighted by Crippen LogP contribution is 2.46. The van der Waals surface area contributed by atoms with Gasteiger partial charge in [0.2, 0.25) is 15.8 Å². The van der Waals surface area contributed by atoms with E-state index in [0.717, 1.165) is 21.2 Å². The van der Waals surface area contributed by atoms with E-state index >= 15 is 21.6 Å². The van der Waals surface area contributed by atoms with Crippen molar-refractivity contribution in [2.75, 3.05) is 27.1 Å². The minimum absolute atomic E-state index is 0.00762. The van der Waals surface area contributed by atoms with Crippen LogP contribution in [0.4, 0.5) is 18.9 Å². The SMILES string of the molecule is COc1ccc(CN(Cc2ccc(OC)cc2)S(=O)(=O)c2c(C(F)(F)F)ccc(-c3cc(C(=O)O)nc4c(N)cccc34)c2-c2nnn(Cc3ccc(OC)cc3)n2)cc1. The van der Waals surface area contributed by atoms with Gasteiger partial charge < -0.3 is 25.1 Å². The zero-order valence-corrected chi connectivity index (χ0v) is 33.0. The van der Waals surface area contributed by atoms with Crippen LogP contribution in [0.3, 0.4) is 0 Å². The fourth-order valence-electron chi connectivity index (χ4n) is 6.65. The standard InChI is InChI=1S/C42H36F3N7O7S/c1-57-28-13-7-25(8-14-28)22-51(23-26-9-15-29(58-2)16-10-26)60(55,56)39-34(42(43,44)45)20-19-31(33-21-36(41(53)54)47-38-32(33)5-4-6-35(38)46)37(39)40-48-50-52(49-40)24-27-11-17-30(59-3)18-12-27/h4-21H,22-24,46H2,1-3H3,(H,53,54). The lowest BCUT2D eigenvalue weighted by atomic mass is 9.93. The Morgan fingerprint density at radius 3 is 1.85 bits per heavy atom. The number of halogens is 3. The molecule has 2 heterocycles. The van der Waals surface area contributed by atoms with Crippen molar-refractivity contribution in [1.29, 1.82) is 0 Å². The van der Waals surface area contributed by atoms with Crippen LogP contribution in [0.2, 0.25) is 0 Å². The maximum atomic E-state index is 15.4. The van der Waals surface area contributed by atoms with E-state index in [1.54, 1.807) is 84.9 Å². The molecular weight excluding hydrogens is 804 g/mol. The number of carbonyl (C=O) groups is 1. The Hall–Kier alpha value is -7.05. The van der Waals surface area contributed by atoms with E-state index in [0.29, 0.717) is 40.0 Å². The third kappa shape index (κ3) is 8.41. The first-order chi connectivity index (χ1) is 28.7. The van der Waals surface area contributed by atoms with Crippen molar-refractivity contribution < 1.29 is 45.7 Å². The molecule has 0 atom stereocenters. The third-order valence-corrected chi connectivity index (χ3v) is 11.5. The average molecular weight is 840 g/mol. The highest BCUT2D eigenvalue weighted by atomic mass is 32.2. The molecule has 7 aromatic rings. The fourth-order valence-corrected chi connectivity index (χ4v) is 8.47. The number of aromatic nitrogens is 5. The van der Waals surface area contributed by atoms with Crippen molar-refractivity contribution in [2.45, 2.75) is 30.7 Å². The molecule has 7 rings (SSSR count). The summed E-state index contributed by atoms with van der Waals surface area (Å²) < 4.78 is 93.9. The number of sulfonamides is 1. The maximum absolute atomic E-state index is 15.4. The van der Waals surface area contributed by atoms with Crippen LogP contribution >= 0.6 is 0 Å². The number of hydrogen-bond donors (Lipinski definition) is 2. The smallest absolute Gasteiger partial charge is 0.417 e. The molecule has 0 saturated heterocycles. The van der Waals surface area contributed by atoms with Gasteiger partial charge in [0, 0.05) is 18.5 Å². The van der Waals surface area contributed by atoms with Crippen LogP contribution < -0.4 is 19.9 Å². The van der Waals surface area contributed by atoms with Crippen molar-refractivity contribution in [3.8, 4) is 39.8 Å². The summed E-state index contributed by atoms with van der Waals surface area (Å²) in [5.41, 5.74) is 5.16. The minimum Gasteiger partial charge on any atom is -0.497 e. The number of ether oxygens (including phenoxy) is 3. The molecular formula is C42H36F3N7O7S. The lowest BCUT2D eigenvalue weighted by molar-refractivity contribution is -0.139. The van der Waals surface area contributed by atoms with Gasteiger partial charge >= 0.3 is 12.1 Å². The van der Waals surface area contributed by atoms with Crippen LogP contribution in [0.25, 0.3) is 33.4 Å². The molecule has 2 aromatic heterocycles. The van der Waals surface area contributed by atoms with Crippen LogP contribution in [0.5, 0.6) is 17.2 Å². The number of pyridine rings is 1. The van der Waals surface area contributed by atoms with E-state index in [2.05, 4.69) is 20.4 Å². The topological polar surface area (TPSA) is 185 Å². The van der Waals surface area contributed by atoms with Gasteiger partial charge in [-0.05, 0) is 87.6 Å². The Morgan fingerprint density at radius 1 is 0.783 bits per heavy atom. The van der Waals surface area contributed by atoms with E-state index < -0.39 is 49.7 Å². The zero-order chi connectivity index (χ0) is 42.8. The Kier molecular flexibility index (Phi) is 11.4. The van der Waals surface area contributed by atoms with Gasteiger partial charge in [-0.15, -0.1) is 10.2 Å². The molecule has 0 radical (unpaired) electrons. The molecule has 0 spiro atoms. The Balaban J connectivity index is 1.52. The number of carboxylic acids is 1. The molecule has 18 heteroatoms. The number of nitrogens with zero attached hydrogens (tertiary/aromatic N) is 6. The van der Waals surface area contributed by atoms with Gasteiger partial charge in [0.15, 0.2) is 0 Å².